The molecule has 1 aromatic rings. The average molecular weight is 305 g/mol. The summed E-state index contributed by atoms with van der Waals surface area (Å²) < 4.78 is 27.0. The van der Waals surface area contributed by atoms with Gasteiger partial charge in [-0.15, -0.1) is 0 Å². The summed E-state index contributed by atoms with van der Waals surface area (Å²) in [6, 6.07) is 3.80. The summed E-state index contributed by atoms with van der Waals surface area (Å²) >= 11 is 5.91. The molecule has 0 aromatic heterocycles. The lowest BCUT2D eigenvalue weighted by atomic mass is 9.93. The summed E-state index contributed by atoms with van der Waals surface area (Å²) in [5.74, 6) is 0. The van der Waals surface area contributed by atoms with Gasteiger partial charge in [-0.3, -0.25) is 0 Å². The Morgan fingerprint density at radius 2 is 2.00 bits per heavy atom. The average Bonchev–Trinajstić information content (AvgIpc) is 2.31. The van der Waals surface area contributed by atoms with Gasteiger partial charge in [0.2, 0.25) is 10.0 Å². The van der Waals surface area contributed by atoms with E-state index in [1.807, 2.05) is 0 Å². The predicted molar refractivity (Wildman–Crippen MR) is 74.4 cm³/mol. The van der Waals surface area contributed by atoms with Crippen LogP contribution in [-0.2, 0) is 10.0 Å². The maximum atomic E-state index is 12.2. The molecular formula is C12H17ClN2O3S. The maximum Gasteiger partial charge on any atom is 0.242 e. The number of nitrogens with one attached hydrogen (secondary N) is 1. The van der Waals surface area contributed by atoms with Gasteiger partial charge in [0, 0.05) is 11.7 Å². The summed E-state index contributed by atoms with van der Waals surface area (Å²) in [4.78, 5) is -0.0128. The van der Waals surface area contributed by atoms with Crippen molar-refractivity contribution in [3.05, 3.63) is 23.2 Å². The highest BCUT2D eigenvalue weighted by molar-refractivity contribution is 7.89. The molecule has 0 heterocycles. The largest absolute Gasteiger partial charge is 0.399 e. The number of nitrogen functional groups attached to an aromatic ring is 1. The van der Waals surface area contributed by atoms with Crippen molar-refractivity contribution in [1.29, 1.82) is 0 Å². The van der Waals surface area contributed by atoms with E-state index in [0.29, 0.717) is 18.5 Å². The number of hydrogen-bond donors (Lipinski definition) is 3. The summed E-state index contributed by atoms with van der Waals surface area (Å²) in [5.41, 5.74) is 5.94. The minimum Gasteiger partial charge on any atom is -0.399 e. The lowest BCUT2D eigenvalue weighted by Gasteiger charge is -2.28. The second-order valence-corrected chi connectivity index (χ2v) is 6.86. The fourth-order valence-electron chi connectivity index (χ4n) is 2.25. The van der Waals surface area contributed by atoms with Crippen LogP contribution in [0.3, 0.4) is 0 Å². The third-order valence-electron chi connectivity index (χ3n) is 3.28. The van der Waals surface area contributed by atoms with Gasteiger partial charge in [0.25, 0.3) is 0 Å². The molecule has 7 heteroatoms. The first-order valence-corrected chi connectivity index (χ1v) is 8.02. The molecule has 5 nitrogen and oxygen atoms in total. The summed E-state index contributed by atoms with van der Waals surface area (Å²) in [6.45, 7) is 0. The van der Waals surface area contributed by atoms with Crippen LogP contribution in [0.4, 0.5) is 5.69 Å². The van der Waals surface area contributed by atoms with Crippen LogP contribution >= 0.6 is 11.6 Å². The first kappa shape index (κ1) is 14.6. The van der Waals surface area contributed by atoms with E-state index in [4.69, 9.17) is 17.3 Å². The van der Waals surface area contributed by atoms with Crippen molar-refractivity contribution < 1.29 is 13.5 Å². The van der Waals surface area contributed by atoms with Crippen LogP contribution in [0.5, 0.6) is 0 Å². The Labute approximate surface area is 117 Å². The molecule has 106 valence electrons. The zero-order valence-corrected chi connectivity index (χ0v) is 11.9. The molecule has 0 saturated heterocycles. The Hall–Kier alpha value is -0.820. The zero-order valence-electron chi connectivity index (χ0n) is 10.3. The zero-order chi connectivity index (χ0) is 14.0. The molecule has 0 spiro atoms. The van der Waals surface area contributed by atoms with E-state index in [0.717, 1.165) is 12.8 Å². The van der Waals surface area contributed by atoms with Gasteiger partial charge in [-0.1, -0.05) is 24.4 Å². The molecule has 1 aliphatic rings. The molecule has 2 atom stereocenters. The van der Waals surface area contributed by atoms with Gasteiger partial charge in [0.05, 0.1) is 11.1 Å². The molecule has 1 aromatic carbocycles. The third kappa shape index (κ3) is 3.39. The van der Waals surface area contributed by atoms with Gasteiger partial charge in [0.15, 0.2) is 0 Å². The van der Waals surface area contributed by atoms with Gasteiger partial charge in [0.1, 0.15) is 4.90 Å². The van der Waals surface area contributed by atoms with E-state index < -0.39 is 22.2 Å². The number of halogens is 1. The molecule has 0 aliphatic heterocycles. The van der Waals surface area contributed by atoms with Crippen molar-refractivity contribution in [1.82, 2.24) is 4.72 Å². The lowest BCUT2D eigenvalue weighted by Crippen LogP contribution is -2.45. The Balaban J connectivity index is 2.22. The first-order chi connectivity index (χ1) is 8.90. The topological polar surface area (TPSA) is 92.4 Å². The predicted octanol–water partition coefficient (Wildman–Crippen LogP) is 1.50. The smallest absolute Gasteiger partial charge is 0.242 e. The quantitative estimate of drug-likeness (QED) is 0.738. The Kier molecular flexibility index (Phi) is 4.35. The normalized spacial score (nSPS) is 24.3. The Morgan fingerprint density at radius 1 is 1.32 bits per heavy atom. The number of benzene rings is 1. The second kappa shape index (κ2) is 5.66. The van der Waals surface area contributed by atoms with Gasteiger partial charge in [-0.25, -0.2) is 13.1 Å². The Bertz CT molecular complexity index is 562. The van der Waals surface area contributed by atoms with E-state index in [1.54, 1.807) is 0 Å². The molecular weight excluding hydrogens is 288 g/mol. The number of sulfonamides is 1. The van der Waals surface area contributed by atoms with E-state index in [2.05, 4.69) is 4.72 Å². The van der Waals surface area contributed by atoms with Gasteiger partial charge in [-0.2, -0.15) is 0 Å². The van der Waals surface area contributed by atoms with E-state index >= 15 is 0 Å². The van der Waals surface area contributed by atoms with Crippen LogP contribution in [0.15, 0.2) is 23.1 Å². The molecule has 0 bridgehead atoms. The van der Waals surface area contributed by atoms with Crippen LogP contribution in [0.1, 0.15) is 25.7 Å². The maximum absolute atomic E-state index is 12.2. The molecule has 0 unspecified atom stereocenters. The van der Waals surface area contributed by atoms with Gasteiger partial charge in [-0.05, 0) is 31.0 Å². The van der Waals surface area contributed by atoms with Crippen LogP contribution < -0.4 is 10.5 Å². The monoisotopic (exact) mass is 304 g/mol. The summed E-state index contributed by atoms with van der Waals surface area (Å²) in [6.07, 6.45) is 2.42. The minimum atomic E-state index is -3.74. The molecule has 0 amide bonds. The third-order valence-corrected chi connectivity index (χ3v) is 5.25. The minimum absolute atomic E-state index is 0.0128. The lowest BCUT2D eigenvalue weighted by molar-refractivity contribution is 0.101. The van der Waals surface area contributed by atoms with Crippen LogP contribution in [0, 0.1) is 0 Å². The van der Waals surface area contributed by atoms with Crippen molar-refractivity contribution in [3.63, 3.8) is 0 Å². The van der Waals surface area contributed by atoms with Crippen molar-refractivity contribution in [2.75, 3.05) is 5.73 Å². The molecule has 0 radical (unpaired) electrons. The molecule has 19 heavy (non-hydrogen) atoms. The number of aliphatic hydroxyl groups excluding tert-OH is 1. The fourth-order valence-corrected chi connectivity index (χ4v) is 4.10. The summed E-state index contributed by atoms with van der Waals surface area (Å²) in [5, 5.41) is 9.89. The van der Waals surface area contributed by atoms with Crippen LogP contribution in [0.25, 0.3) is 0 Å². The first-order valence-electron chi connectivity index (χ1n) is 6.15. The van der Waals surface area contributed by atoms with Crippen molar-refractivity contribution in [2.24, 2.45) is 0 Å². The number of hydrogen-bond acceptors (Lipinski definition) is 4. The Morgan fingerprint density at radius 3 is 2.63 bits per heavy atom. The fraction of sp³-hybridized carbons (Fsp3) is 0.500. The van der Waals surface area contributed by atoms with Gasteiger partial charge >= 0.3 is 0 Å². The highest BCUT2D eigenvalue weighted by Crippen LogP contribution is 2.26. The highest BCUT2D eigenvalue weighted by Gasteiger charge is 2.29. The van der Waals surface area contributed by atoms with Crippen molar-refractivity contribution in [2.45, 2.75) is 42.7 Å². The molecule has 2 rings (SSSR count). The van der Waals surface area contributed by atoms with Crippen molar-refractivity contribution in [3.8, 4) is 0 Å². The van der Waals surface area contributed by atoms with Crippen LogP contribution in [-0.4, -0.2) is 25.7 Å². The van der Waals surface area contributed by atoms with Gasteiger partial charge < -0.3 is 10.8 Å². The number of nitrogens with two attached hydrogens (primary N) is 1. The van der Waals surface area contributed by atoms with Crippen molar-refractivity contribution >= 4 is 27.3 Å². The summed E-state index contributed by atoms with van der Waals surface area (Å²) in [7, 11) is -3.74. The molecule has 1 saturated carbocycles. The molecule has 1 aliphatic carbocycles. The number of rotatable bonds is 3. The highest BCUT2D eigenvalue weighted by atomic mass is 35.5. The number of aliphatic hydroxyl groups is 1. The van der Waals surface area contributed by atoms with E-state index in [9.17, 15) is 13.5 Å². The SMILES string of the molecule is Nc1ccc(S(=O)(=O)N[C@@H]2CCCC[C@H]2O)c(Cl)c1. The van der Waals surface area contributed by atoms with Crippen LogP contribution in [0.2, 0.25) is 5.02 Å². The molecule has 1 fully saturated rings. The standard InChI is InChI=1S/C12H17ClN2O3S/c13-9-7-8(14)5-6-12(9)19(17,18)15-10-3-1-2-4-11(10)16/h5-7,10-11,15-16H,1-4,14H2/t10-,11-/m1/s1. The number of anilines is 1. The second-order valence-electron chi connectivity index (χ2n) is 4.77. The van der Waals surface area contributed by atoms with E-state index in [-0.39, 0.29) is 9.92 Å². The molecule has 4 N–H and O–H groups in total. The van der Waals surface area contributed by atoms with E-state index in [1.165, 1.54) is 18.2 Å².